The minimum Gasteiger partial charge on any atom is -0.398 e. The van der Waals surface area contributed by atoms with Crippen LogP contribution in [0.15, 0.2) is 17.0 Å². The first kappa shape index (κ1) is 20.6. The Morgan fingerprint density at radius 1 is 1.00 bits per heavy atom. The van der Waals surface area contributed by atoms with E-state index in [1.54, 1.807) is 0 Å². The van der Waals surface area contributed by atoms with Crippen molar-refractivity contribution in [1.82, 2.24) is 4.72 Å². The van der Waals surface area contributed by atoms with Crippen molar-refractivity contribution in [3.63, 3.8) is 0 Å². The average molecular weight is 381 g/mol. The molecule has 1 rings (SSSR count). The number of anilines is 1. The van der Waals surface area contributed by atoms with Gasteiger partial charge in [-0.3, -0.25) is 0 Å². The van der Waals surface area contributed by atoms with E-state index in [2.05, 4.69) is 11.6 Å². The molecule has 0 bridgehead atoms. The van der Waals surface area contributed by atoms with Crippen LogP contribution in [0, 0.1) is 0 Å². The van der Waals surface area contributed by atoms with Gasteiger partial charge in [0.25, 0.3) is 0 Å². The molecule has 0 saturated heterocycles. The van der Waals surface area contributed by atoms with E-state index < -0.39 is 10.0 Å². The summed E-state index contributed by atoms with van der Waals surface area (Å²) >= 11 is 11.8. The van der Waals surface area contributed by atoms with Gasteiger partial charge in [0.15, 0.2) is 0 Å². The molecule has 0 atom stereocenters. The van der Waals surface area contributed by atoms with Crippen LogP contribution in [0.3, 0.4) is 0 Å². The Bertz CT molecular complexity index is 569. The summed E-state index contributed by atoms with van der Waals surface area (Å²) in [6, 6.07) is 2.77. The number of halogens is 2. The Morgan fingerprint density at radius 3 is 2.13 bits per heavy atom. The number of unbranched alkanes of at least 4 members (excludes halogenated alkanes) is 7. The Labute approximate surface area is 149 Å². The number of nitrogens with one attached hydrogen (secondary N) is 1. The molecule has 0 radical (unpaired) electrons. The summed E-state index contributed by atoms with van der Waals surface area (Å²) in [7, 11) is -3.71. The lowest BCUT2D eigenvalue weighted by Gasteiger charge is -2.11. The molecular weight excluding hydrogens is 355 g/mol. The summed E-state index contributed by atoms with van der Waals surface area (Å²) in [4.78, 5) is -0.0943. The standard InChI is InChI=1S/C16H26Cl2N2O2S/c1-2-3-4-5-6-7-8-9-10-20-23(21,22)16-14(18)11-13(17)12-15(16)19/h11-12,20H,2-10,19H2,1H3. The first-order valence-electron chi connectivity index (χ1n) is 8.12. The second kappa shape index (κ2) is 10.4. The van der Waals surface area contributed by atoms with Crippen LogP contribution >= 0.6 is 23.2 Å². The lowest BCUT2D eigenvalue weighted by molar-refractivity contribution is 0.559. The summed E-state index contributed by atoms with van der Waals surface area (Å²) in [5.41, 5.74) is 5.79. The molecule has 1 aromatic carbocycles. The number of sulfonamides is 1. The van der Waals surface area contributed by atoms with Crippen LogP contribution in [-0.2, 0) is 10.0 Å². The quantitative estimate of drug-likeness (QED) is 0.419. The van der Waals surface area contributed by atoms with Crippen molar-refractivity contribution in [2.24, 2.45) is 0 Å². The molecule has 1 aromatic rings. The molecule has 0 aliphatic heterocycles. The van der Waals surface area contributed by atoms with Crippen LogP contribution < -0.4 is 10.5 Å². The average Bonchev–Trinajstić information content (AvgIpc) is 2.44. The van der Waals surface area contributed by atoms with Crippen molar-refractivity contribution in [1.29, 1.82) is 0 Å². The van der Waals surface area contributed by atoms with Gasteiger partial charge in [-0.05, 0) is 18.6 Å². The zero-order valence-electron chi connectivity index (χ0n) is 13.6. The van der Waals surface area contributed by atoms with Crippen LogP contribution in [0.4, 0.5) is 5.69 Å². The summed E-state index contributed by atoms with van der Waals surface area (Å²) in [6.07, 6.45) is 9.25. The fourth-order valence-electron chi connectivity index (χ4n) is 2.40. The number of rotatable bonds is 11. The number of hydrogen-bond donors (Lipinski definition) is 2. The van der Waals surface area contributed by atoms with Gasteiger partial charge in [-0.15, -0.1) is 0 Å². The van der Waals surface area contributed by atoms with E-state index in [0.29, 0.717) is 11.6 Å². The molecule has 0 unspecified atom stereocenters. The number of nitrogens with two attached hydrogens (primary N) is 1. The van der Waals surface area contributed by atoms with Gasteiger partial charge in [0.1, 0.15) is 4.90 Å². The van der Waals surface area contributed by atoms with Crippen molar-refractivity contribution >= 4 is 38.9 Å². The molecule has 23 heavy (non-hydrogen) atoms. The predicted octanol–water partition coefficient (Wildman–Crippen LogP) is 4.99. The van der Waals surface area contributed by atoms with Crippen LogP contribution in [0.5, 0.6) is 0 Å². The summed E-state index contributed by atoms with van der Waals surface area (Å²) in [5, 5.41) is 0.355. The SMILES string of the molecule is CCCCCCCCCCNS(=O)(=O)c1c(N)cc(Cl)cc1Cl. The summed E-state index contributed by atoms with van der Waals surface area (Å²) in [5.74, 6) is 0. The highest BCUT2D eigenvalue weighted by Gasteiger charge is 2.21. The zero-order chi connectivity index (χ0) is 17.3. The molecule has 0 aromatic heterocycles. The molecule has 3 N–H and O–H groups in total. The van der Waals surface area contributed by atoms with Crippen LogP contribution in [0.25, 0.3) is 0 Å². The van der Waals surface area contributed by atoms with E-state index >= 15 is 0 Å². The van der Waals surface area contributed by atoms with Gasteiger partial charge in [-0.25, -0.2) is 13.1 Å². The summed E-state index contributed by atoms with van der Waals surface area (Å²) in [6.45, 7) is 2.58. The van der Waals surface area contributed by atoms with Crippen molar-refractivity contribution in [3.8, 4) is 0 Å². The Hall–Kier alpha value is -0.490. The predicted molar refractivity (Wildman–Crippen MR) is 98.7 cm³/mol. The molecule has 0 aliphatic rings. The van der Waals surface area contributed by atoms with Crippen molar-refractivity contribution in [2.75, 3.05) is 12.3 Å². The van der Waals surface area contributed by atoms with Crippen molar-refractivity contribution in [3.05, 3.63) is 22.2 Å². The maximum atomic E-state index is 12.3. The molecule has 0 saturated carbocycles. The third-order valence-electron chi connectivity index (χ3n) is 3.63. The molecule has 0 heterocycles. The van der Waals surface area contributed by atoms with E-state index in [9.17, 15) is 8.42 Å². The van der Waals surface area contributed by atoms with Crippen LogP contribution in [-0.4, -0.2) is 15.0 Å². The topological polar surface area (TPSA) is 72.2 Å². The third-order valence-corrected chi connectivity index (χ3v) is 5.83. The second-order valence-electron chi connectivity index (χ2n) is 5.68. The first-order valence-corrected chi connectivity index (χ1v) is 10.4. The smallest absolute Gasteiger partial charge is 0.244 e. The van der Waals surface area contributed by atoms with Gasteiger partial charge in [-0.1, -0.05) is 75.1 Å². The number of benzene rings is 1. The van der Waals surface area contributed by atoms with E-state index in [0.717, 1.165) is 19.3 Å². The Morgan fingerprint density at radius 2 is 1.57 bits per heavy atom. The second-order valence-corrected chi connectivity index (χ2v) is 8.23. The summed E-state index contributed by atoms with van der Waals surface area (Å²) < 4.78 is 27.1. The molecule has 0 amide bonds. The lowest BCUT2D eigenvalue weighted by Crippen LogP contribution is -2.26. The normalized spacial score (nSPS) is 11.8. The third kappa shape index (κ3) is 7.29. The monoisotopic (exact) mass is 380 g/mol. The van der Waals surface area contributed by atoms with Gasteiger partial charge in [0.05, 0.1) is 10.7 Å². The fourth-order valence-corrected chi connectivity index (χ4v) is 4.46. The van der Waals surface area contributed by atoms with Gasteiger partial charge in [0.2, 0.25) is 10.0 Å². The molecule has 0 fully saturated rings. The Balaban J connectivity index is 2.37. The Kier molecular flexibility index (Phi) is 9.29. The van der Waals surface area contributed by atoms with Gasteiger partial charge in [0, 0.05) is 11.6 Å². The molecule has 0 aliphatic carbocycles. The molecule has 132 valence electrons. The molecule has 4 nitrogen and oxygen atoms in total. The van der Waals surface area contributed by atoms with Crippen molar-refractivity contribution in [2.45, 2.75) is 63.2 Å². The largest absolute Gasteiger partial charge is 0.398 e. The van der Waals surface area contributed by atoms with Crippen molar-refractivity contribution < 1.29 is 8.42 Å². The molecular formula is C16H26Cl2N2O2S. The highest BCUT2D eigenvalue weighted by Crippen LogP contribution is 2.30. The molecule has 0 spiro atoms. The van der Waals surface area contributed by atoms with E-state index in [1.807, 2.05) is 0 Å². The van der Waals surface area contributed by atoms with E-state index in [-0.39, 0.29) is 15.6 Å². The maximum absolute atomic E-state index is 12.3. The highest BCUT2D eigenvalue weighted by molar-refractivity contribution is 7.89. The van der Waals surface area contributed by atoms with Gasteiger partial charge >= 0.3 is 0 Å². The van der Waals surface area contributed by atoms with Crippen LogP contribution in [0.2, 0.25) is 10.0 Å². The molecule has 7 heteroatoms. The lowest BCUT2D eigenvalue weighted by atomic mass is 10.1. The first-order chi connectivity index (χ1) is 10.9. The fraction of sp³-hybridized carbons (Fsp3) is 0.625. The minimum atomic E-state index is -3.71. The number of nitrogen functional groups attached to an aromatic ring is 1. The minimum absolute atomic E-state index is 0.0402. The number of hydrogen-bond acceptors (Lipinski definition) is 3. The van der Waals surface area contributed by atoms with Gasteiger partial charge in [-0.2, -0.15) is 0 Å². The van der Waals surface area contributed by atoms with E-state index in [4.69, 9.17) is 28.9 Å². The zero-order valence-corrected chi connectivity index (χ0v) is 15.9. The van der Waals surface area contributed by atoms with E-state index in [1.165, 1.54) is 44.2 Å². The maximum Gasteiger partial charge on any atom is 0.244 e. The highest BCUT2D eigenvalue weighted by atomic mass is 35.5. The van der Waals surface area contributed by atoms with Crippen LogP contribution in [0.1, 0.15) is 58.3 Å². The van der Waals surface area contributed by atoms with Gasteiger partial charge < -0.3 is 5.73 Å².